The molecule has 0 spiro atoms. The van der Waals surface area contributed by atoms with Crippen molar-refractivity contribution in [2.75, 3.05) is 0 Å². The highest BCUT2D eigenvalue weighted by atomic mass is 16.2. The van der Waals surface area contributed by atoms with Crippen molar-refractivity contribution in [2.45, 2.75) is 57.4 Å². The standard InChI is InChI=1S/C21H26N2O/c1-15(18-7-5-6-14-22-18)23-19(24)21(12-13-21)17-10-8-16(9-11-17)20(2,3)4/h5-11,14-15H,12-13H2,1-4H3,(H,23,24)/t15-/m1/s1. The molecule has 24 heavy (non-hydrogen) atoms. The average Bonchev–Trinajstić information content (AvgIpc) is 3.37. The Balaban J connectivity index is 1.75. The van der Waals surface area contributed by atoms with Gasteiger partial charge in [0, 0.05) is 6.20 Å². The lowest BCUT2D eigenvalue weighted by molar-refractivity contribution is -0.124. The van der Waals surface area contributed by atoms with Crippen LogP contribution in [0.25, 0.3) is 0 Å². The predicted octanol–water partition coefficient (Wildman–Crippen LogP) is 4.29. The minimum atomic E-state index is -0.348. The first-order chi connectivity index (χ1) is 11.3. The number of carbonyl (C=O) groups is 1. The summed E-state index contributed by atoms with van der Waals surface area (Å²) in [4.78, 5) is 17.2. The molecule has 0 unspecified atom stereocenters. The van der Waals surface area contributed by atoms with Gasteiger partial charge in [-0.25, -0.2) is 0 Å². The van der Waals surface area contributed by atoms with Gasteiger partial charge in [-0.15, -0.1) is 0 Å². The third kappa shape index (κ3) is 3.21. The summed E-state index contributed by atoms with van der Waals surface area (Å²) in [6.07, 6.45) is 3.60. The molecular formula is C21H26N2O. The largest absolute Gasteiger partial charge is 0.347 e. The van der Waals surface area contributed by atoms with E-state index in [0.29, 0.717) is 0 Å². The number of amides is 1. The molecule has 1 atom stereocenters. The molecule has 1 fully saturated rings. The van der Waals surface area contributed by atoms with Gasteiger partial charge in [0.15, 0.2) is 0 Å². The summed E-state index contributed by atoms with van der Waals surface area (Å²) in [5.74, 6) is 0.115. The van der Waals surface area contributed by atoms with Crippen LogP contribution in [0.15, 0.2) is 48.7 Å². The smallest absolute Gasteiger partial charge is 0.231 e. The van der Waals surface area contributed by atoms with E-state index >= 15 is 0 Å². The van der Waals surface area contributed by atoms with E-state index in [1.54, 1.807) is 6.20 Å². The fraction of sp³-hybridized carbons (Fsp3) is 0.429. The highest BCUT2D eigenvalue weighted by molar-refractivity contribution is 5.91. The number of nitrogens with zero attached hydrogens (tertiary/aromatic N) is 1. The van der Waals surface area contributed by atoms with Crippen molar-refractivity contribution in [3.05, 3.63) is 65.5 Å². The van der Waals surface area contributed by atoms with Crippen LogP contribution < -0.4 is 5.32 Å². The number of pyridine rings is 1. The van der Waals surface area contributed by atoms with Gasteiger partial charge in [-0.2, -0.15) is 0 Å². The van der Waals surface area contributed by atoms with Crippen LogP contribution in [0.2, 0.25) is 0 Å². The summed E-state index contributed by atoms with van der Waals surface area (Å²) in [7, 11) is 0. The zero-order chi connectivity index (χ0) is 17.4. The maximum atomic E-state index is 12.9. The third-order valence-electron chi connectivity index (χ3n) is 4.97. The number of rotatable bonds is 4. The van der Waals surface area contributed by atoms with Crippen LogP contribution in [0.4, 0.5) is 0 Å². The molecule has 1 amide bonds. The summed E-state index contributed by atoms with van der Waals surface area (Å²) >= 11 is 0. The molecule has 3 rings (SSSR count). The second-order valence-electron chi connectivity index (χ2n) is 7.86. The van der Waals surface area contributed by atoms with E-state index in [1.165, 1.54) is 5.56 Å². The lowest BCUT2D eigenvalue weighted by Crippen LogP contribution is -2.36. The topological polar surface area (TPSA) is 42.0 Å². The van der Waals surface area contributed by atoms with E-state index in [2.05, 4.69) is 55.3 Å². The molecule has 3 nitrogen and oxygen atoms in total. The second-order valence-corrected chi connectivity index (χ2v) is 7.86. The molecule has 2 aromatic rings. The highest BCUT2D eigenvalue weighted by Gasteiger charge is 2.51. The molecule has 0 aliphatic heterocycles. The molecule has 1 aromatic carbocycles. The maximum absolute atomic E-state index is 12.9. The first-order valence-corrected chi connectivity index (χ1v) is 8.66. The van der Waals surface area contributed by atoms with Crippen LogP contribution in [0, 0.1) is 0 Å². The lowest BCUT2D eigenvalue weighted by atomic mass is 9.85. The number of hydrogen-bond donors (Lipinski definition) is 1. The minimum absolute atomic E-state index is 0.0787. The molecule has 1 aromatic heterocycles. The summed E-state index contributed by atoms with van der Waals surface area (Å²) in [5.41, 5.74) is 3.10. The number of nitrogens with one attached hydrogen (secondary N) is 1. The van der Waals surface area contributed by atoms with Gasteiger partial charge in [0.1, 0.15) is 0 Å². The first kappa shape index (κ1) is 16.7. The Hall–Kier alpha value is -2.16. The van der Waals surface area contributed by atoms with Crippen LogP contribution in [0.3, 0.4) is 0 Å². The predicted molar refractivity (Wildman–Crippen MR) is 96.8 cm³/mol. The monoisotopic (exact) mass is 322 g/mol. The van der Waals surface area contributed by atoms with Crippen LogP contribution in [-0.2, 0) is 15.6 Å². The van der Waals surface area contributed by atoms with Gasteiger partial charge < -0.3 is 5.32 Å². The van der Waals surface area contributed by atoms with Gasteiger partial charge in [0.25, 0.3) is 0 Å². The Morgan fingerprint density at radius 3 is 2.29 bits per heavy atom. The number of hydrogen-bond acceptors (Lipinski definition) is 2. The normalized spacial score (nSPS) is 17.2. The van der Waals surface area contributed by atoms with Gasteiger partial charge in [-0.3, -0.25) is 9.78 Å². The Morgan fingerprint density at radius 1 is 1.12 bits per heavy atom. The molecule has 0 saturated heterocycles. The SMILES string of the molecule is C[C@@H](NC(=O)C1(c2ccc(C(C)(C)C)cc2)CC1)c1ccccn1. The van der Waals surface area contributed by atoms with Gasteiger partial charge >= 0.3 is 0 Å². The number of carbonyl (C=O) groups excluding carboxylic acids is 1. The molecular weight excluding hydrogens is 296 g/mol. The molecule has 1 N–H and O–H groups in total. The molecule has 126 valence electrons. The van der Waals surface area contributed by atoms with E-state index < -0.39 is 0 Å². The Bertz CT molecular complexity index is 710. The number of aromatic nitrogens is 1. The Morgan fingerprint density at radius 2 is 1.79 bits per heavy atom. The van der Waals surface area contributed by atoms with Crippen molar-refractivity contribution in [1.29, 1.82) is 0 Å². The summed E-state index contributed by atoms with van der Waals surface area (Å²) in [5, 5.41) is 3.14. The lowest BCUT2D eigenvalue weighted by Gasteiger charge is -2.22. The minimum Gasteiger partial charge on any atom is -0.347 e. The van der Waals surface area contributed by atoms with E-state index in [0.717, 1.165) is 24.1 Å². The van der Waals surface area contributed by atoms with Gasteiger partial charge in [0.05, 0.1) is 17.2 Å². The average molecular weight is 322 g/mol. The molecule has 1 heterocycles. The molecule has 1 aliphatic carbocycles. The van der Waals surface area contributed by atoms with Gasteiger partial charge in [-0.1, -0.05) is 51.1 Å². The fourth-order valence-corrected chi connectivity index (χ4v) is 3.10. The quantitative estimate of drug-likeness (QED) is 0.912. The van der Waals surface area contributed by atoms with Crippen LogP contribution in [0.5, 0.6) is 0 Å². The van der Waals surface area contributed by atoms with Crippen LogP contribution in [-0.4, -0.2) is 10.9 Å². The van der Waals surface area contributed by atoms with Crippen molar-refractivity contribution in [3.8, 4) is 0 Å². The summed E-state index contributed by atoms with van der Waals surface area (Å²) < 4.78 is 0. The summed E-state index contributed by atoms with van der Waals surface area (Å²) in [6.45, 7) is 8.60. The fourth-order valence-electron chi connectivity index (χ4n) is 3.10. The molecule has 0 radical (unpaired) electrons. The highest BCUT2D eigenvalue weighted by Crippen LogP contribution is 2.49. The maximum Gasteiger partial charge on any atom is 0.231 e. The van der Waals surface area contributed by atoms with Gasteiger partial charge in [-0.05, 0) is 48.4 Å². The first-order valence-electron chi connectivity index (χ1n) is 8.66. The zero-order valence-electron chi connectivity index (χ0n) is 15.0. The third-order valence-corrected chi connectivity index (χ3v) is 4.97. The molecule has 3 heteroatoms. The number of benzene rings is 1. The summed E-state index contributed by atoms with van der Waals surface area (Å²) in [6, 6.07) is 14.3. The van der Waals surface area contributed by atoms with E-state index in [9.17, 15) is 4.79 Å². The molecule has 0 bridgehead atoms. The Labute approximate surface area is 144 Å². The van der Waals surface area contributed by atoms with Crippen molar-refractivity contribution in [3.63, 3.8) is 0 Å². The van der Waals surface area contributed by atoms with E-state index in [-0.39, 0.29) is 22.8 Å². The second kappa shape index (κ2) is 6.04. The van der Waals surface area contributed by atoms with Crippen LogP contribution in [0.1, 0.15) is 63.4 Å². The van der Waals surface area contributed by atoms with Crippen LogP contribution >= 0.6 is 0 Å². The van der Waals surface area contributed by atoms with Gasteiger partial charge in [0.2, 0.25) is 5.91 Å². The van der Waals surface area contributed by atoms with Crippen molar-refractivity contribution in [2.24, 2.45) is 0 Å². The van der Waals surface area contributed by atoms with Crippen molar-refractivity contribution in [1.82, 2.24) is 10.3 Å². The van der Waals surface area contributed by atoms with E-state index in [4.69, 9.17) is 0 Å². The Kier molecular flexibility index (Phi) is 4.20. The molecule has 1 aliphatic rings. The van der Waals surface area contributed by atoms with E-state index in [1.807, 2.05) is 25.1 Å². The zero-order valence-corrected chi connectivity index (χ0v) is 15.0. The van der Waals surface area contributed by atoms with Crippen molar-refractivity contribution < 1.29 is 4.79 Å². The molecule has 1 saturated carbocycles. The van der Waals surface area contributed by atoms with Crippen molar-refractivity contribution >= 4 is 5.91 Å².